The van der Waals surface area contributed by atoms with Crippen molar-refractivity contribution in [2.24, 2.45) is 5.92 Å². The zero-order chi connectivity index (χ0) is 33.0. The van der Waals surface area contributed by atoms with Gasteiger partial charge in [0.1, 0.15) is 28.4 Å². The highest BCUT2D eigenvalue weighted by atomic mass is 32.2. The van der Waals surface area contributed by atoms with Crippen LogP contribution in [-0.4, -0.2) is 93.1 Å². The van der Waals surface area contributed by atoms with Gasteiger partial charge in [0.25, 0.3) is 0 Å². The lowest BCUT2D eigenvalue weighted by atomic mass is 9.82. The van der Waals surface area contributed by atoms with Gasteiger partial charge in [-0.05, 0) is 89.7 Å². The van der Waals surface area contributed by atoms with E-state index in [4.69, 9.17) is 9.72 Å². The first kappa shape index (κ1) is 34.4. The van der Waals surface area contributed by atoms with Gasteiger partial charge in [-0.15, -0.1) is 11.3 Å². The maximum absolute atomic E-state index is 14.7. The van der Waals surface area contributed by atoms with Gasteiger partial charge in [0.05, 0.1) is 6.04 Å². The largest absolute Gasteiger partial charge is 0.444 e. The summed E-state index contributed by atoms with van der Waals surface area (Å²) in [5.74, 6) is -0.485. The molecule has 3 heterocycles. The van der Waals surface area contributed by atoms with E-state index in [0.29, 0.717) is 18.8 Å². The van der Waals surface area contributed by atoms with E-state index >= 15 is 0 Å². The van der Waals surface area contributed by atoms with Crippen LogP contribution < -0.4 is 5.32 Å². The van der Waals surface area contributed by atoms with E-state index in [1.807, 2.05) is 35.2 Å². The van der Waals surface area contributed by atoms with Crippen molar-refractivity contribution in [2.45, 2.75) is 107 Å². The van der Waals surface area contributed by atoms with E-state index in [0.717, 1.165) is 73.2 Å². The molecule has 1 aromatic carbocycles. The van der Waals surface area contributed by atoms with Crippen molar-refractivity contribution in [1.82, 2.24) is 25.0 Å². The lowest BCUT2D eigenvalue weighted by molar-refractivity contribution is -0.144. The number of carbonyl (C=O) groups excluding carboxylic acids is 4. The molecule has 0 bridgehead atoms. The molecule has 3 amide bonds. The second-order valence-electron chi connectivity index (χ2n) is 13.7. The topological polar surface area (TPSA) is 112 Å². The first-order valence-corrected chi connectivity index (χ1v) is 18.1. The molecular weight excluding hydrogens is 623 g/mol. The Morgan fingerprint density at radius 3 is 2.46 bits per heavy atom. The Balaban J connectivity index is 1.37. The van der Waals surface area contributed by atoms with Crippen LogP contribution in [0.5, 0.6) is 0 Å². The SMILES string of the molecule is C[C@@H](C(=O)N[C@H](C(=O)N1CC2CCCN2C[C@H]1c1nc(C(=O)Sc2ccccc2)cs1)C1CCCCC1)N(C)C(=O)OC(C)(C)C. The van der Waals surface area contributed by atoms with Gasteiger partial charge < -0.3 is 15.0 Å². The Morgan fingerprint density at radius 2 is 1.76 bits per heavy atom. The number of nitrogens with one attached hydrogen (secondary N) is 1. The van der Waals surface area contributed by atoms with Crippen molar-refractivity contribution in [1.29, 1.82) is 0 Å². The molecule has 1 aromatic heterocycles. The molecule has 0 spiro atoms. The fraction of sp³-hybridized carbons (Fsp3) is 0.618. The van der Waals surface area contributed by atoms with Gasteiger partial charge in [0, 0.05) is 36.5 Å². The lowest BCUT2D eigenvalue weighted by Crippen LogP contribution is -2.61. The van der Waals surface area contributed by atoms with E-state index in [1.165, 1.54) is 16.2 Å². The number of fused-ring (bicyclic) bond motifs is 1. The van der Waals surface area contributed by atoms with Crippen LogP contribution in [0.3, 0.4) is 0 Å². The zero-order valence-corrected chi connectivity index (χ0v) is 29.2. The Kier molecular flexibility index (Phi) is 11.1. The van der Waals surface area contributed by atoms with Crippen LogP contribution in [0.1, 0.15) is 94.2 Å². The van der Waals surface area contributed by atoms with Crippen molar-refractivity contribution in [3.8, 4) is 0 Å². The molecule has 1 aliphatic carbocycles. The minimum absolute atomic E-state index is 0.00203. The summed E-state index contributed by atoms with van der Waals surface area (Å²) in [5, 5.41) is 5.50. The normalized spacial score (nSPS) is 22.1. The monoisotopic (exact) mass is 669 g/mol. The molecule has 5 rings (SSSR count). The van der Waals surface area contributed by atoms with Crippen LogP contribution in [0, 0.1) is 5.92 Å². The average Bonchev–Trinajstić information content (AvgIpc) is 3.72. The molecule has 1 saturated carbocycles. The number of likely N-dealkylation sites (N-methyl/N-ethyl adjacent to an activating group) is 1. The molecule has 10 nitrogen and oxygen atoms in total. The summed E-state index contributed by atoms with van der Waals surface area (Å²) in [6.45, 7) is 9.18. The average molecular weight is 670 g/mol. The van der Waals surface area contributed by atoms with Crippen LogP contribution in [0.2, 0.25) is 0 Å². The highest BCUT2D eigenvalue weighted by Gasteiger charge is 2.44. The molecule has 0 radical (unpaired) electrons. The third kappa shape index (κ3) is 8.30. The molecule has 2 aliphatic heterocycles. The smallest absolute Gasteiger partial charge is 0.410 e. The predicted octanol–water partition coefficient (Wildman–Crippen LogP) is 5.74. The van der Waals surface area contributed by atoms with Gasteiger partial charge in [-0.3, -0.25) is 24.2 Å². The summed E-state index contributed by atoms with van der Waals surface area (Å²) in [6, 6.07) is 7.91. The third-order valence-electron chi connectivity index (χ3n) is 9.27. The molecular formula is C34H47N5O5S2. The van der Waals surface area contributed by atoms with Gasteiger partial charge in [-0.2, -0.15) is 0 Å². The highest BCUT2D eigenvalue weighted by Crippen LogP contribution is 2.37. The molecule has 3 aliphatic rings. The van der Waals surface area contributed by atoms with Gasteiger partial charge in [0.15, 0.2) is 0 Å². The van der Waals surface area contributed by atoms with E-state index in [9.17, 15) is 19.2 Å². The maximum Gasteiger partial charge on any atom is 0.410 e. The number of amides is 3. The molecule has 46 heavy (non-hydrogen) atoms. The highest BCUT2D eigenvalue weighted by molar-refractivity contribution is 8.14. The fourth-order valence-electron chi connectivity index (χ4n) is 6.62. The molecule has 1 unspecified atom stereocenters. The van der Waals surface area contributed by atoms with Crippen molar-refractivity contribution in [3.05, 3.63) is 46.4 Å². The number of hydrogen-bond acceptors (Lipinski definition) is 9. The van der Waals surface area contributed by atoms with Gasteiger partial charge in [-0.1, -0.05) is 37.5 Å². The molecule has 3 fully saturated rings. The van der Waals surface area contributed by atoms with Gasteiger partial charge >= 0.3 is 6.09 Å². The Labute approximate surface area is 280 Å². The van der Waals surface area contributed by atoms with Gasteiger partial charge in [0.2, 0.25) is 16.9 Å². The number of ether oxygens (including phenoxy) is 1. The summed E-state index contributed by atoms with van der Waals surface area (Å²) in [5.41, 5.74) is -0.305. The minimum atomic E-state index is -0.828. The number of aromatic nitrogens is 1. The number of piperazine rings is 1. The van der Waals surface area contributed by atoms with E-state index in [2.05, 4.69) is 10.2 Å². The minimum Gasteiger partial charge on any atom is -0.444 e. The number of carbonyl (C=O) groups is 4. The van der Waals surface area contributed by atoms with Crippen LogP contribution in [0.15, 0.2) is 40.6 Å². The molecule has 1 N–H and O–H groups in total. The predicted molar refractivity (Wildman–Crippen MR) is 180 cm³/mol. The summed E-state index contributed by atoms with van der Waals surface area (Å²) < 4.78 is 5.49. The summed E-state index contributed by atoms with van der Waals surface area (Å²) in [7, 11) is 1.54. The standard InChI is InChI=1S/C34H47N5O5S2/c1-22(37(5)33(43)44-34(2,3)4)29(40)36-28(23-13-8-6-9-14-23)31(41)39-19-24-15-12-18-38(24)20-27(39)30-35-26(21-45-30)32(42)46-25-16-10-7-11-17-25/h7,10-11,16-17,21-24,27-28H,6,8-9,12-15,18-20H2,1-5H3,(H,36,40)/t22-,24?,27-,28-/m0/s1. The Hall–Kier alpha value is -2.96. The second kappa shape index (κ2) is 14.9. The number of hydrogen-bond donors (Lipinski definition) is 1. The van der Waals surface area contributed by atoms with E-state index < -0.39 is 23.8 Å². The molecule has 4 atom stereocenters. The summed E-state index contributed by atoms with van der Waals surface area (Å²) in [6.07, 6.45) is 6.34. The van der Waals surface area contributed by atoms with Crippen molar-refractivity contribution >= 4 is 46.1 Å². The van der Waals surface area contributed by atoms with E-state index in [-0.39, 0.29) is 34.9 Å². The second-order valence-corrected chi connectivity index (χ2v) is 15.7. The van der Waals surface area contributed by atoms with Crippen molar-refractivity contribution in [3.63, 3.8) is 0 Å². The first-order chi connectivity index (χ1) is 21.9. The van der Waals surface area contributed by atoms with Gasteiger partial charge in [-0.25, -0.2) is 9.78 Å². The first-order valence-electron chi connectivity index (χ1n) is 16.4. The lowest BCUT2D eigenvalue weighted by Gasteiger charge is -2.45. The summed E-state index contributed by atoms with van der Waals surface area (Å²) >= 11 is 2.57. The third-order valence-corrected chi connectivity index (χ3v) is 11.1. The van der Waals surface area contributed by atoms with Crippen LogP contribution >= 0.6 is 23.1 Å². The molecule has 12 heteroatoms. The zero-order valence-electron chi connectivity index (χ0n) is 27.6. The Bertz CT molecular complexity index is 1390. The fourth-order valence-corrected chi connectivity index (χ4v) is 8.32. The van der Waals surface area contributed by atoms with Crippen molar-refractivity contribution < 1.29 is 23.9 Å². The van der Waals surface area contributed by atoms with Crippen LogP contribution in [0.25, 0.3) is 0 Å². The molecule has 2 saturated heterocycles. The number of rotatable bonds is 8. The van der Waals surface area contributed by atoms with E-state index in [1.54, 1.807) is 40.1 Å². The number of benzene rings is 1. The molecule has 250 valence electrons. The summed E-state index contributed by atoms with van der Waals surface area (Å²) in [4.78, 5) is 65.5. The number of nitrogens with zero attached hydrogens (tertiary/aromatic N) is 4. The maximum atomic E-state index is 14.7. The molecule has 2 aromatic rings. The van der Waals surface area contributed by atoms with Crippen molar-refractivity contribution in [2.75, 3.05) is 26.7 Å². The number of thioether (sulfide) groups is 1. The quantitative estimate of drug-likeness (QED) is 0.354. The number of thiazole rings is 1. The van der Waals surface area contributed by atoms with Crippen LogP contribution in [-0.2, 0) is 14.3 Å². The van der Waals surface area contributed by atoms with Crippen LogP contribution in [0.4, 0.5) is 4.79 Å². The Morgan fingerprint density at radius 1 is 1.04 bits per heavy atom.